The molecule has 4 heteroatoms. The Balaban J connectivity index is 1.88. The summed E-state index contributed by atoms with van der Waals surface area (Å²) in [5, 5.41) is 3.01. The van der Waals surface area contributed by atoms with Crippen LogP contribution in [-0.4, -0.2) is 37.6 Å². The number of carbonyl (C=O) groups excluding carboxylic acids is 1. The molecule has 128 valence electrons. The summed E-state index contributed by atoms with van der Waals surface area (Å²) >= 11 is 0. The van der Waals surface area contributed by atoms with Gasteiger partial charge in [-0.15, -0.1) is 0 Å². The third-order valence-corrected chi connectivity index (χ3v) is 3.97. The predicted octanol–water partition coefficient (Wildman–Crippen LogP) is 2.76. The van der Waals surface area contributed by atoms with Crippen molar-refractivity contribution in [1.82, 2.24) is 10.2 Å². The van der Waals surface area contributed by atoms with Crippen LogP contribution in [0.25, 0.3) is 0 Å². The molecule has 0 radical (unpaired) electrons. The van der Waals surface area contributed by atoms with E-state index in [9.17, 15) is 4.79 Å². The van der Waals surface area contributed by atoms with E-state index >= 15 is 0 Å². The topological polar surface area (TPSA) is 41.6 Å². The normalized spacial score (nSPS) is 10.8. The van der Waals surface area contributed by atoms with Crippen LogP contribution in [0.15, 0.2) is 54.6 Å². The molecule has 0 spiro atoms. The average molecular weight is 326 g/mol. The van der Waals surface area contributed by atoms with Crippen molar-refractivity contribution < 1.29 is 9.53 Å². The van der Waals surface area contributed by atoms with E-state index in [0.717, 1.165) is 18.7 Å². The molecule has 1 N–H and O–H groups in total. The zero-order valence-electron chi connectivity index (χ0n) is 14.5. The predicted molar refractivity (Wildman–Crippen MR) is 96.6 cm³/mol. The van der Waals surface area contributed by atoms with Gasteiger partial charge in [-0.1, -0.05) is 54.6 Å². The lowest BCUT2D eigenvalue weighted by Gasteiger charge is -2.21. The van der Waals surface area contributed by atoms with Gasteiger partial charge in [-0.05, 0) is 23.6 Å². The smallest absolute Gasteiger partial charge is 0.234 e. The first-order chi connectivity index (χ1) is 11.7. The van der Waals surface area contributed by atoms with Crippen molar-refractivity contribution in [3.63, 3.8) is 0 Å². The molecule has 0 aromatic heterocycles. The maximum Gasteiger partial charge on any atom is 0.234 e. The van der Waals surface area contributed by atoms with Gasteiger partial charge in [0.2, 0.25) is 5.91 Å². The van der Waals surface area contributed by atoms with Crippen molar-refractivity contribution in [2.45, 2.75) is 20.0 Å². The first kappa shape index (κ1) is 18.2. The molecular formula is C20H26N2O2. The van der Waals surface area contributed by atoms with Crippen molar-refractivity contribution in [3.05, 3.63) is 71.3 Å². The van der Waals surface area contributed by atoms with Crippen LogP contribution in [0.5, 0.6) is 0 Å². The molecule has 0 saturated carbocycles. The fraction of sp³-hybridized carbons (Fsp3) is 0.350. The summed E-state index contributed by atoms with van der Waals surface area (Å²) < 4.78 is 5.16. The van der Waals surface area contributed by atoms with Gasteiger partial charge < -0.3 is 10.1 Å². The Kier molecular flexibility index (Phi) is 7.46. The van der Waals surface area contributed by atoms with E-state index in [1.807, 2.05) is 36.4 Å². The monoisotopic (exact) mass is 326 g/mol. The first-order valence-corrected chi connectivity index (χ1v) is 8.25. The molecule has 4 nitrogen and oxygen atoms in total. The SMILES string of the molecule is COCCN(CC(=O)NCc1ccccc1C)Cc1ccccc1. The summed E-state index contributed by atoms with van der Waals surface area (Å²) in [6.45, 7) is 5.06. The highest BCUT2D eigenvalue weighted by atomic mass is 16.5. The molecule has 0 aliphatic heterocycles. The Hall–Kier alpha value is -2.17. The third-order valence-electron chi connectivity index (χ3n) is 3.97. The fourth-order valence-electron chi connectivity index (χ4n) is 2.54. The lowest BCUT2D eigenvalue weighted by atomic mass is 10.1. The van der Waals surface area contributed by atoms with Gasteiger partial charge in [0.25, 0.3) is 0 Å². The van der Waals surface area contributed by atoms with Gasteiger partial charge in [-0.25, -0.2) is 0 Å². The zero-order valence-corrected chi connectivity index (χ0v) is 14.5. The van der Waals surface area contributed by atoms with Crippen LogP contribution in [0.2, 0.25) is 0 Å². The lowest BCUT2D eigenvalue weighted by molar-refractivity contribution is -0.122. The molecule has 2 aromatic carbocycles. The Morgan fingerprint density at radius 2 is 1.79 bits per heavy atom. The molecule has 1 amide bonds. The molecule has 2 rings (SSSR count). The lowest BCUT2D eigenvalue weighted by Crippen LogP contribution is -2.38. The molecule has 0 heterocycles. The van der Waals surface area contributed by atoms with Crippen LogP contribution < -0.4 is 5.32 Å². The van der Waals surface area contributed by atoms with E-state index in [1.165, 1.54) is 11.1 Å². The number of nitrogens with zero attached hydrogens (tertiary/aromatic N) is 1. The summed E-state index contributed by atoms with van der Waals surface area (Å²) in [5.74, 6) is 0.0327. The quantitative estimate of drug-likeness (QED) is 0.770. The highest BCUT2D eigenvalue weighted by Crippen LogP contribution is 2.07. The minimum Gasteiger partial charge on any atom is -0.383 e. The van der Waals surface area contributed by atoms with E-state index in [4.69, 9.17) is 4.74 Å². The number of aryl methyl sites for hydroxylation is 1. The largest absolute Gasteiger partial charge is 0.383 e. The molecule has 0 atom stereocenters. The number of amides is 1. The van der Waals surface area contributed by atoms with Gasteiger partial charge >= 0.3 is 0 Å². The number of benzene rings is 2. The maximum atomic E-state index is 12.3. The fourth-order valence-corrected chi connectivity index (χ4v) is 2.54. The number of carbonyl (C=O) groups is 1. The van der Waals surface area contributed by atoms with E-state index in [1.54, 1.807) is 7.11 Å². The Bertz CT molecular complexity index is 629. The van der Waals surface area contributed by atoms with Crippen LogP contribution in [0.3, 0.4) is 0 Å². The minimum atomic E-state index is 0.0327. The van der Waals surface area contributed by atoms with E-state index < -0.39 is 0 Å². The zero-order chi connectivity index (χ0) is 17.2. The first-order valence-electron chi connectivity index (χ1n) is 8.25. The standard InChI is InChI=1S/C20H26N2O2/c1-17-8-6-7-11-19(17)14-21-20(23)16-22(12-13-24-2)15-18-9-4-3-5-10-18/h3-11H,12-16H2,1-2H3,(H,21,23). The molecule has 0 aliphatic rings. The van der Waals surface area contributed by atoms with Crippen molar-refractivity contribution in [2.24, 2.45) is 0 Å². The average Bonchev–Trinajstić information content (AvgIpc) is 2.60. The summed E-state index contributed by atoms with van der Waals surface area (Å²) in [5.41, 5.74) is 3.54. The molecule has 0 bridgehead atoms. The molecule has 0 saturated heterocycles. The van der Waals surface area contributed by atoms with Crippen LogP contribution in [-0.2, 0) is 22.6 Å². The molecule has 0 unspecified atom stereocenters. The van der Waals surface area contributed by atoms with Crippen LogP contribution in [0.4, 0.5) is 0 Å². The number of ether oxygens (including phenoxy) is 1. The summed E-state index contributed by atoms with van der Waals surface area (Å²) in [7, 11) is 1.68. The minimum absolute atomic E-state index is 0.0327. The van der Waals surface area contributed by atoms with Crippen molar-refractivity contribution in [2.75, 3.05) is 26.8 Å². The van der Waals surface area contributed by atoms with Crippen LogP contribution in [0.1, 0.15) is 16.7 Å². The van der Waals surface area contributed by atoms with Crippen molar-refractivity contribution in [3.8, 4) is 0 Å². The van der Waals surface area contributed by atoms with Gasteiger partial charge in [-0.2, -0.15) is 0 Å². The Labute approximate surface area is 144 Å². The summed E-state index contributed by atoms with van der Waals surface area (Å²) in [6, 6.07) is 18.3. The molecule has 24 heavy (non-hydrogen) atoms. The number of hydrogen-bond donors (Lipinski definition) is 1. The van der Waals surface area contributed by atoms with Gasteiger partial charge in [0.05, 0.1) is 13.2 Å². The number of rotatable bonds is 9. The number of nitrogens with one attached hydrogen (secondary N) is 1. The van der Waals surface area contributed by atoms with Gasteiger partial charge in [0.15, 0.2) is 0 Å². The second-order valence-electron chi connectivity index (χ2n) is 5.89. The summed E-state index contributed by atoms with van der Waals surface area (Å²) in [4.78, 5) is 14.4. The Morgan fingerprint density at radius 1 is 1.08 bits per heavy atom. The second-order valence-corrected chi connectivity index (χ2v) is 5.89. The van der Waals surface area contributed by atoms with Gasteiger partial charge in [-0.3, -0.25) is 9.69 Å². The van der Waals surface area contributed by atoms with E-state index in [2.05, 4.69) is 35.3 Å². The van der Waals surface area contributed by atoms with Crippen molar-refractivity contribution in [1.29, 1.82) is 0 Å². The molecule has 2 aromatic rings. The van der Waals surface area contributed by atoms with E-state index in [0.29, 0.717) is 19.7 Å². The van der Waals surface area contributed by atoms with Crippen molar-refractivity contribution >= 4 is 5.91 Å². The Morgan fingerprint density at radius 3 is 2.50 bits per heavy atom. The highest BCUT2D eigenvalue weighted by molar-refractivity contribution is 5.78. The molecular weight excluding hydrogens is 300 g/mol. The number of hydrogen-bond acceptors (Lipinski definition) is 3. The maximum absolute atomic E-state index is 12.3. The van der Waals surface area contributed by atoms with Crippen LogP contribution in [0, 0.1) is 6.92 Å². The molecule has 0 aliphatic carbocycles. The van der Waals surface area contributed by atoms with Gasteiger partial charge in [0, 0.05) is 26.7 Å². The van der Waals surface area contributed by atoms with E-state index in [-0.39, 0.29) is 5.91 Å². The summed E-state index contributed by atoms with van der Waals surface area (Å²) in [6.07, 6.45) is 0. The third kappa shape index (κ3) is 6.14. The van der Waals surface area contributed by atoms with Crippen LogP contribution >= 0.6 is 0 Å². The number of methoxy groups -OCH3 is 1. The second kappa shape index (κ2) is 9.85. The highest BCUT2D eigenvalue weighted by Gasteiger charge is 2.11. The molecule has 0 fully saturated rings. The van der Waals surface area contributed by atoms with Gasteiger partial charge in [0.1, 0.15) is 0 Å².